The summed E-state index contributed by atoms with van der Waals surface area (Å²) in [5.74, 6) is 0.195. The second-order valence-electron chi connectivity index (χ2n) is 10.6. The second kappa shape index (κ2) is 10.5. The molecule has 2 aromatic heterocycles. The van der Waals surface area contributed by atoms with E-state index in [1.807, 2.05) is 19.1 Å². The molecule has 2 aromatic carbocycles. The minimum atomic E-state index is -2.96. The maximum Gasteiger partial charge on any atom is 0.251 e. The monoisotopic (exact) mass is 563 g/mol. The van der Waals surface area contributed by atoms with E-state index in [0.29, 0.717) is 42.0 Å². The average molecular weight is 564 g/mol. The van der Waals surface area contributed by atoms with Crippen LogP contribution < -0.4 is 15.4 Å². The van der Waals surface area contributed by atoms with Crippen LogP contribution in [0.5, 0.6) is 11.6 Å². The van der Waals surface area contributed by atoms with Crippen molar-refractivity contribution in [3.8, 4) is 22.9 Å². The first-order valence-corrected chi connectivity index (χ1v) is 15.3. The Hall–Kier alpha value is -3.99. The molecule has 0 unspecified atom stereocenters. The van der Waals surface area contributed by atoms with Gasteiger partial charge in [0.05, 0.1) is 29.1 Å². The number of aryl methyl sites for hydroxylation is 1. The number of carbonyl (C=O) groups excluding carboxylic acids is 1. The molecule has 2 fully saturated rings. The molecule has 2 aliphatic rings. The van der Waals surface area contributed by atoms with Crippen LogP contribution in [0.3, 0.4) is 0 Å². The van der Waals surface area contributed by atoms with Crippen molar-refractivity contribution in [3.63, 3.8) is 0 Å². The van der Waals surface area contributed by atoms with Gasteiger partial charge in [-0.25, -0.2) is 22.3 Å². The lowest BCUT2D eigenvalue weighted by molar-refractivity contribution is 0.0950. The smallest absolute Gasteiger partial charge is 0.251 e. The quantitative estimate of drug-likeness (QED) is 0.318. The summed E-state index contributed by atoms with van der Waals surface area (Å²) in [4.78, 5) is 17.2. The third-order valence-electron chi connectivity index (χ3n) is 7.43. The van der Waals surface area contributed by atoms with Crippen LogP contribution in [0, 0.1) is 18.7 Å². The molecule has 0 radical (unpaired) electrons. The summed E-state index contributed by atoms with van der Waals surface area (Å²) in [5.41, 5.74) is 4.13. The van der Waals surface area contributed by atoms with Gasteiger partial charge < -0.3 is 15.4 Å². The van der Waals surface area contributed by atoms with Crippen LogP contribution in [0.25, 0.3) is 16.9 Å². The fourth-order valence-corrected chi connectivity index (χ4v) is 6.52. The summed E-state index contributed by atoms with van der Waals surface area (Å²) in [6, 6.07) is 13.6. The molecular weight excluding hydrogens is 533 g/mol. The highest BCUT2D eigenvalue weighted by Crippen LogP contribution is 2.31. The van der Waals surface area contributed by atoms with Crippen LogP contribution >= 0.6 is 0 Å². The van der Waals surface area contributed by atoms with Crippen LogP contribution in [-0.4, -0.2) is 53.0 Å². The number of hydrogen-bond acceptors (Lipinski definition) is 7. The number of anilines is 1. The zero-order chi connectivity index (χ0) is 27.9. The zero-order valence-corrected chi connectivity index (χ0v) is 22.9. The van der Waals surface area contributed by atoms with E-state index in [0.717, 1.165) is 24.0 Å². The fraction of sp³-hybridized carbons (Fsp3) is 0.345. The predicted octanol–water partition coefficient (Wildman–Crippen LogP) is 4.77. The summed E-state index contributed by atoms with van der Waals surface area (Å²) >= 11 is 0. The minimum Gasteiger partial charge on any atom is -0.434 e. The standard InChI is InChI=1S/C29H30FN5O4S/c1-18-14-20(6-9-22(18)29(36)33-21-7-8-21)25-17-32-28-24(31-16-19-10-12-40(37,38)13-11-19)15-27(34-35(25)28)39-26-5-3-2-4-23(26)30/h2-6,9,14-15,17,19,21,31H,7-8,10-13,16H2,1H3,(H,33,36). The van der Waals surface area contributed by atoms with Crippen molar-refractivity contribution in [2.75, 3.05) is 23.4 Å². The molecule has 208 valence electrons. The van der Waals surface area contributed by atoms with E-state index in [-0.39, 0.29) is 41.0 Å². The highest BCUT2D eigenvalue weighted by Gasteiger charge is 2.26. The molecule has 9 nitrogen and oxygen atoms in total. The highest BCUT2D eigenvalue weighted by atomic mass is 32.2. The van der Waals surface area contributed by atoms with Crippen molar-refractivity contribution in [1.82, 2.24) is 19.9 Å². The molecular formula is C29H30FN5O4S. The zero-order valence-electron chi connectivity index (χ0n) is 22.1. The lowest BCUT2D eigenvalue weighted by Gasteiger charge is -2.22. The maximum absolute atomic E-state index is 14.4. The number of nitrogens with zero attached hydrogens (tertiary/aromatic N) is 3. The van der Waals surface area contributed by atoms with Crippen molar-refractivity contribution >= 4 is 27.1 Å². The second-order valence-corrected chi connectivity index (χ2v) is 12.9. The van der Waals surface area contributed by atoms with Crippen molar-refractivity contribution < 1.29 is 22.3 Å². The summed E-state index contributed by atoms with van der Waals surface area (Å²) in [6.07, 6.45) is 4.92. The Morgan fingerprint density at radius 1 is 1.10 bits per heavy atom. The molecule has 3 heterocycles. The van der Waals surface area contributed by atoms with Gasteiger partial charge in [-0.2, -0.15) is 0 Å². The van der Waals surface area contributed by atoms with Crippen molar-refractivity contribution in [2.24, 2.45) is 5.92 Å². The molecule has 1 aliphatic carbocycles. The number of para-hydroxylation sites is 1. The van der Waals surface area contributed by atoms with Gasteiger partial charge in [0.25, 0.3) is 5.91 Å². The highest BCUT2D eigenvalue weighted by molar-refractivity contribution is 7.91. The topological polar surface area (TPSA) is 115 Å². The number of carbonyl (C=O) groups is 1. The Bertz CT molecular complexity index is 1690. The number of fused-ring (bicyclic) bond motifs is 1. The summed E-state index contributed by atoms with van der Waals surface area (Å²) in [5, 5.41) is 11.1. The molecule has 40 heavy (non-hydrogen) atoms. The molecule has 4 aromatic rings. The number of ether oxygens (including phenoxy) is 1. The van der Waals surface area contributed by atoms with Crippen LogP contribution in [0.4, 0.5) is 10.1 Å². The Morgan fingerprint density at radius 2 is 1.88 bits per heavy atom. The lowest BCUT2D eigenvalue weighted by Crippen LogP contribution is -2.27. The largest absolute Gasteiger partial charge is 0.434 e. The van der Waals surface area contributed by atoms with Gasteiger partial charge in [-0.3, -0.25) is 4.79 Å². The number of hydrogen-bond donors (Lipinski definition) is 2. The third kappa shape index (κ3) is 5.65. The molecule has 0 atom stereocenters. The molecule has 0 spiro atoms. The number of amides is 1. The molecule has 1 saturated carbocycles. The number of sulfone groups is 1. The summed E-state index contributed by atoms with van der Waals surface area (Å²) in [7, 11) is -2.96. The van der Waals surface area contributed by atoms with E-state index in [1.165, 1.54) is 12.1 Å². The average Bonchev–Trinajstić information content (AvgIpc) is 3.64. The van der Waals surface area contributed by atoms with Crippen molar-refractivity contribution in [2.45, 2.75) is 38.6 Å². The first-order valence-electron chi connectivity index (χ1n) is 13.4. The van der Waals surface area contributed by atoms with Crippen LogP contribution in [0.1, 0.15) is 41.6 Å². The third-order valence-corrected chi connectivity index (χ3v) is 9.15. The molecule has 11 heteroatoms. The molecule has 2 N–H and O–H groups in total. The van der Waals surface area contributed by atoms with Gasteiger partial charge in [-0.1, -0.05) is 18.2 Å². The Balaban J connectivity index is 1.33. The molecule has 1 aliphatic heterocycles. The predicted molar refractivity (Wildman–Crippen MR) is 150 cm³/mol. The summed E-state index contributed by atoms with van der Waals surface area (Å²) < 4.78 is 45.6. The van der Waals surface area contributed by atoms with Crippen LogP contribution in [-0.2, 0) is 9.84 Å². The van der Waals surface area contributed by atoms with Gasteiger partial charge in [0.2, 0.25) is 5.88 Å². The minimum absolute atomic E-state index is 0.0429. The van der Waals surface area contributed by atoms with Gasteiger partial charge in [0.1, 0.15) is 9.84 Å². The molecule has 0 bridgehead atoms. The number of imidazole rings is 1. The Kier molecular flexibility index (Phi) is 6.91. The van der Waals surface area contributed by atoms with Crippen molar-refractivity contribution in [3.05, 3.63) is 71.7 Å². The van der Waals surface area contributed by atoms with Gasteiger partial charge in [0, 0.05) is 29.8 Å². The van der Waals surface area contributed by atoms with E-state index in [1.54, 1.807) is 35.0 Å². The van der Waals surface area contributed by atoms with E-state index >= 15 is 0 Å². The number of nitrogens with one attached hydrogen (secondary N) is 2. The Morgan fingerprint density at radius 3 is 2.60 bits per heavy atom. The van der Waals surface area contributed by atoms with E-state index in [2.05, 4.69) is 20.7 Å². The number of aromatic nitrogens is 3. The number of benzene rings is 2. The van der Waals surface area contributed by atoms with E-state index < -0.39 is 15.7 Å². The van der Waals surface area contributed by atoms with Gasteiger partial charge in [0.15, 0.2) is 17.2 Å². The normalized spacial score (nSPS) is 17.1. The lowest BCUT2D eigenvalue weighted by atomic mass is 10.0. The van der Waals surface area contributed by atoms with Gasteiger partial charge in [-0.15, -0.1) is 5.10 Å². The number of halogens is 1. The van der Waals surface area contributed by atoms with E-state index in [4.69, 9.17) is 4.74 Å². The molecule has 1 amide bonds. The Labute approximate surface area is 231 Å². The van der Waals surface area contributed by atoms with Crippen LogP contribution in [0.15, 0.2) is 54.7 Å². The van der Waals surface area contributed by atoms with E-state index in [9.17, 15) is 17.6 Å². The van der Waals surface area contributed by atoms with Gasteiger partial charge >= 0.3 is 0 Å². The maximum atomic E-state index is 14.4. The SMILES string of the molecule is Cc1cc(-c2cnc3c(NCC4CCS(=O)(=O)CC4)cc(Oc4ccccc4F)nn23)ccc1C(=O)NC1CC1. The molecule has 6 rings (SSSR count). The van der Waals surface area contributed by atoms with Gasteiger partial charge in [-0.05, 0) is 68.4 Å². The fourth-order valence-electron chi connectivity index (χ4n) is 4.93. The first-order chi connectivity index (χ1) is 19.3. The summed E-state index contributed by atoms with van der Waals surface area (Å²) in [6.45, 7) is 2.45. The van der Waals surface area contributed by atoms with Crippen LogP contribution in [0.2, 0.25) is 0 Å². The number of rotatable bonds is 8. The van der Waals surface area contributed by atoms with Crippen molar-refractivity contribution in [1.29, 1.82) is 0 Å². The first kappa shape index (κ1) is 26.2. The molecule has 1 saturated heterocycles.